The minimum absolute atomic E-state index is 0.167. The highest BCUT2D eigenvalue weighted by molar-refractivity contribution is 5.23. The van der Waals surface area contributed by atoms with E-state index in [1.54, 1.807) is 0 Å². The number of aliphatic hydroxyl groups excluding tert-OH is 1. The first-order valence-electron chi connectivity index (χ1n) is 7.65. The molecule has 1 saturated heterocycles. The number of nitrogens with zero attached hydrogens (tertiary/aromatic N) is 1. The van der Waals surface area contributed by atoms with Crippen molar-refractivity contribution in [1.82, 2.24) is 4.90 Å². The summed E-state index contributed by atoms with van der Waals surface area (Å²) in [7, 11) is 0. The van der Waals surface area contributed by atoms with E-state index in [0.29, 0.717) is 13.0 Å². The van der Waals surface area contributed by atoms with E-state index >= 15 is 0 Å². The number of aliphatic hydroxyl groups is 3. The Hall–Kier alpha value is -0.940. The Morgan fingerprint density at radius 3 is 2.33 bits per heavy atom. The average Bonchev–Trinajstić information content (AvgIpc) is 2.79. The summed E-state index contributed by atoms with van der Waals surface area (Å²) in [6.07, 6.45) is 2.26. The smallest absolute Gasteiger partial charge is 0.102 e. The van der Waals surface area contributed by atoms with Crippen molar-refractivity contribution >= 4 is 0 Å². The lowest BCUT2D eigenvalue weighted by atomic mass is 9.98. The van der Waals surface area contributed by atoms with E-state index in [1.165, 1.54) is 11.1 Å². The molecule has 1 fully saturated rings. The van der Waals surface area contributed by atoms with Crippen LogP contribution in [0.5, 0.6) is 0 Å². The fraction of sp³-hybridized carbons (Fsp3) is 0.647. The Balaban J connectivity index is 1.86. The molecule has 0 bridgehead atoms. The first kappa shape index (κ1) is 16.4. The predicted octanol–water partition coefficient (Wildman–Crippen LogP) is 1.32. The molecule has 2 rings (SSSR count). The molecule has 4 nitrogen and oxygen atoms in total. The van der Waals surface area contributed by atoms with E-state index < -0.39 is 11.2 Å². The van der Waals surface area contributed by atoms with E-state index in [4.69, 9.17) is 0 Å². The Labute approximate surface area is 127 Å². The van der Waals surface area contributed by atoms with Gasteiger partial charge in [-0.15, -0.1) is 0 Å². The van der Waals surface area contributed by atoms with Crippen molar-refractivity contribution in [3.05, 3.63) is 35.4 Å². The van der Waals surface area contributed by atoms with Crippen LogP contribution < -0.4 is 0 Å². The fourth-order valence-electron chi connectivity index (χ4n) is 2.72. The van der Waals surface area contributed by atoms with Gasteiger partial charge in [0, 0.05) is 19.6 Å². The van der Waals surface area contributed by atoms with Crippen LogP contribution in [0.2, 0.25) is 0 Å². The number of hydrogen-bond acceptors (Lipinski definition) is 4. The maximum atomic E-state index is 10.0. The maximum Gasteiger partial charge on any atom is 0.102 e. The Morgan fingerprint density at radius 1 is 1.19 bits per heavy atom. The number of aryl methyl sites for hydroxylation is 1. The van der Waals surface area contributed by atoms with Crippen LogP contribution in [0.4, 0.5) is 0 Å². The lowest BCUT2D eigenvalue weighted by Crippen LogP contribution is -2.36. The highest BCUT2D eigenvalue weighted by Gasteiger charge is 2.35. The summed E-state index contributed by atoms with van der Waals surface area (Å²) >= 11 is 0. The summed E-state index contributed by atoms with van der Waals surface area (Å²) in [5, 5.41) is 28.9. The minimum atomic E-state index is -0.924. The van der Waals surface area contributed by atoms with Gasteiger partial charge in [0.2, 0.25) is 0 Å². The maximum absolute atomic E-state index is 10.0. The van der Waals surface area contributed by atoms with Gasteiger partial charge in [0.1, 0.15) is 5.60 Å². The Morgan fingerprint density at radius 2 is 1.81 bits per heavy atom. The van der Waals surface area contributed by atoms with Gasteiger partial charge in [-0.3, -0.25) is 4.90 Å². The molecule has 0 radical (unpaired) electrons. The molecule has 1 aliphatic heterocycles. The zero-order valence-electron chi connectivity index (χ0n) is 13.0. The largest absolute Gasteiger partial charge is 0.393 e. The molecular formula is C17H27NO3. The molecule has 0 aromatic heterocycles. The van der Waals surface area contributed by atoms with E-state index in [2.05, 4.69) is 29.2 Å². The molecule has 0 aliphatic carbocycles. The first-order chi connectivity index (χ1) is 9.80. The first-order valence-corrected chi connectivity index (χ1v) is 7.65. The zero-order chi connectivity index (χ0) is 15.5. The summed E-state index contributed by atoms with van der Waals surface area (Å²) in [5.74, 6) is 0. The number of benzene rings is 1. The topological polar surface area (TPSA) is 63.9 Å². The molecule has 0 saturated carbocycles. The van der Waals surface area contributed by atoms with Gasteiger partial charge in [-0.1, -0.05) is 24.3 Å². The van der Waals surface area contributed by atoms with E-state index in [0.717, 1.165) is 25.9 Å². The third-order valence-corrected chi connectivity index (χ3v) is 4.16. The normalized spacial score (nSPS) is 23.7. The second kappa shape index (κ2) is 6.44. The van der Waals surface area contributed by atoms with E-state index in [9.17, 15) is 15.3 Å². The summed E-state index contributed by atoms with van der Waals surface area (Å²) in [6, 6.07) is 8.43. The van der Waals surface area contributed by atoms with Crippen LogP contribution in [0.25, 0.3) is 0 Å². The summed E-state index contributed by atoms with van der Waals surface area (Å²) in [6.45, 7) is 5.64. The summed E-state index contributed by atoms with van der Waals surface area (Å²) in [5.41, 5.74) is 0.897. The van der Waals surface area contributed by atoms with Crippen molar-refractivity contribution in [3.8, 4) is 0 Å². The number of rotatable bonds is 6. The SMILES string of the molecule is CC(C)(O)CCc1ccc(CN2CCC(O)(CO)C2)cc1. The van der Waals surface area contributed by atoms with Gasteiger partial charge < -0.3 is 15.3 Å². The molecule has 3 N–H and O–H groups in total. The molecule has 1 atom stereocenters. The number of β-amino-alcohol motifs (C(OH)–C–C–N with tert-alkyl or cyclic N) is 1. The van der Waals surface area contributed by atoms with E-state index in [1.807, 2.05) is 13.8 Å². The summed E-state index contributed by atoms with van der Waals surface area (Å²) in [4.78, 5) is 2.17. The van der Waals surface area contributed by atoms with Crippen LogP contribution in [0, 0.1) is 0 Å². The van der Waals surface area contributed by atoms with Gasteiger partial charge in [-0.05, 0) is 44.2 Å². The van der Waals surface area contributed by atoms with Crippen LogP contribution >= 0.6 is 0 Å². The Kier molecular flexibility index (Phi) is 5.04. The molecule has 1 heterocycles. The average molecular weight is 293 g/mol. The minimum Gasteiger partial charge on any atom is -0.393 e. The molecule has 0 amide bonds. The van der Waals surface area contributed by atoms with Gasteiger partial charge in [0.15, 0.2) is 0 Å². The van der Waals surface area contributed by atoms with Gasteiger partial charge in [0.05, 0.1) is 12.2 Å². The standard InChI is InChI=1S/C17H27NO3/c1-16(2,20)8-7-14-3-5-15(6-4-14)11-18-10-9-17(21,12-18)13-19/h3-6,19-21H,7-13H2,1-2H3. The summed E-state index contributed by atoms with van der Waals surface area (Å²) < 4.78 is 0. The molecule has 118 valence electrons. The van der Waals surface area contributed by atoms with Crippen molar-refractivity contribution in [1.29, 1.82) is 0 Å². The lowest BCUT2D eigenvalue weighted by molar-refractivity contribution is -0.00580. The van der Waals surface area contributed by atoms with Crippen LogP contribution in [-0.2, 0) is 13.0 Å². The molecular weight excluding hydrogens is 266 g/mol. The third kappa shape index (κ3) is 5.08. The highest BCUT2D eigenvalue weighted by atomic mass is 16.3. The molecule has 21 heavy (non-hydrogen) atoms. The molecule has 4 heteroatoms. The molecule has 1 aliphatic rings. The number of likely N-dealkylation sites (tertiary alicyclic amines) is 1. The highest BCUT2D eigenvalue weighted by Crippen LogP contribution is 2.22. The van der Waals surface area contributed by atoms with Gasteiger partial charge in [-0.25, -0.2) is 0 Å². The van der Waals surface area contributed by atoms with Crippen LogP contribution in [0.3, 0.4) is 0 Å². The van der Waals surface area contributed by atoms with Gasteiger partial charge in [0.25, 0.3) is 0 Å². The van der Waals surface area contributed by atoms with Crippen LogP contribution in [-0.4, -0.2) is 51.1 Å². The monoisotopic (exact) mass is 293 g/mol. The quantitative estimate of drug-likeness (QED) is 0.740. The van der Waals surface area contributed by atoms with Crippen LogP contribution in [0.15, 0.2) is 24.3 Å². The van der Waals surface area contributed by atoms with Crippen molar-refractivity contribution in [3.63, 3.8) is 0 Å². The fourth-order valence-corrected chi connectivity index (χ4v) is 2.72. The molecule has 1 aromatic rings. The van der Waals surface area contributed by atoms with Crippen molar-refractivity contribution in [2.75, 3.05) is 19.7 Å². The molecule has 1 unspecified atom stereocenters. The van der Waals surface area contributed by atoms with Gasteiger partial charge in [-0.2, -0.15) is 0 Å². The second-order valence-electron chi connectivity index (χ2n) is 6.97. The number of hydrogen-bond donors (Lipinski definition) is 3. The Bertz CT molecular complexity index is 452. The van der Waals surface area contributed by atoms with Gasteiger partial charge >= 0.3 is 0 Å². The van der Waals surface area contributed by atoms with Crippen LogP contribution in [0.1, 0.15) is 37.8 Å². The molecule has 1 aromatic carbocycles. The van der Waals surface area contributed by atoms with Crippen molar-refractivity contribution in [2.45, 2.75) is 50.9 Å². The molecule has 0 spiro atoms. The van der Waals surface area contributed by atoms with Crippen molar-refractivity contribution < 1.29 is 15.3 Å². The third-order valence-electron chi connectivity index (χ3n) is 4.16. The predicted molar refractivity (Wildman–Crippen MR) is 83.0 cm³/mol. The zero-order valence-corrected chi connectivity index (χ0v) is 13.0. The van der Waals surface area contributed by atoms with Crippen molar-refractivity contribution in [2.24, 2.45) is 0 Å². The van der Waals surface area contributed by atoms with E-state index in [-0.39, 0.29) is 6.61 Å². The lowest BCUT2D eigenvalue weighted by Gasteiger charge is -2.21. The second-order valence-corrected chi connectivity index (χ2v) is 6.97.